The zero-order valence-electron chi connectivity index (χ0n) is 12.4. The second-order valence-corrected chi connectivity index (χ2v) is 4.81. The lowest BCUT2D eigenvalue weighted by atomic mass is 10.1. The topological polar surface area (TPSA) is 89.3 Å². The van der Waals surface area contributed by atoms with Gasteiger partial charge in [0.25, 0.3) is 5.69 Å². The van der Waals surface area contributed by atoms with Crippen LogP contribution >= 0.6 is 0 Å². The highest BCUT2D eigenvalue weighted by molar-refractivity contribution is 6.07. The zero-order valence-corrected chi connectivity index (χ0v) is 12.4. The Morgan fingerprint density at radius 2 is 1.87 bits per heavy atom. The third-order valence-electron chi connectivity index (χ3n) is 2.98. The smallest absolute Gasteiger partial charge is 0.270 e. The summed E-state index contributed by atoms with van der Waals surface area (Å²) in [7, 11) is 0. The minimum atomic E-state index is -0.490. The van der Waals surface area contributed by atoms with Gasteiger partial charge in [-0.15, -0.1) is 0 Å². The van der Waals surface area contributed by atoms with Crippen molar-refractivity contribution in [3.8, 4) is 0 Å². The minimum Gasteiger partial charge on any atom is -0.326 e. The molecule has 0 heterocycles. The van der Waals surface area contributed by atoms with Crippen LogP contribution in [0.4, 0.5) is 11.4 Å². The Morgan fingerprint density at radius 1 is 1.13 bits per heavy atom. The van der Waals surface area contributed by atoms with Gasteiger partial charge in [-0.2, -0.15) is 0 Å². The highest BCUT2D eigenvalue weighted by Gasteiger charge is 2.06. The first-order valence-corrected chi connectivity index (χ1v) is 6.80. The number of hydrogen-bond donors (Lipinski definition) is 1. The molecule has 0 saturated heterocycles. The molecular weight excluding hydrogens is 296 g/mol. The predicted octanol–water partition coefficient (Wildman–Crippen LogP) is 3.45. The van der Waals surface area contributed by atoms with Crippen molar-refractivity contribution in [2.24, 2.45) is 0 Å². The van der Waals surface area contributed by atoms with Gasteiger partial charge < -0.3 is 5.32 Å². The van der Waals surface area contributed by atoms with Crippen LogP contribution in [0.3, 0.4) is 0 Å². The van der Waals surface area contributed by atoms with Gasteiger partial charge >= 0.3 is 0 Å². The van der Waals surface area contributed by atoms with E-state index < -0.39 is 4.92 Å². The Balaban J connectivity index is 2.17. The monoisotopic (exact) mass is 310 g/mol. The Labute approximate surface area is 132 Å². The highest BCUT2D eigenvalue weighted by atomic mass is 16.6. The van der Waals surface area contributed by atoms with Gasteiger partial charge in [0.2, 0.25) is 5.91 Å². The summed E-state index contributed by atoms with van der Waals surface area (Å²) in [5.74, 6) is -0.481. The second-order valence-electron chi connectivity index (χ2n) is 4.81. The van der Waals surface area contributed by atoms with Crippen LogP contribution in [-0.4, -0.2) is 16.6 Å². The van der Waals surface area contributed by atoms with E-state index in [1.807, 2.05) is 0 Å². The molecule has 0 atom stereocenters. The van der Waals surface area contributed by atoms with E-state index in [0.29, 0.717) is 16.8 Å². The van der Waals surface area contributed by atoms with Crippen LogP contribution in [0, 0.1) is 10.1 Å². The molecule has 116 valence electrons. The number of carbonyl (C=O) groups excluding carboxylic acids is 2. The number of allylic oxidation sites excluding steroid dienone is 1. The van der Waals surface area contributed by atoms with Crippen molar-refractivity contribution in [1.29, 1.82) is 0 Å². The Morgan fingerprint density at radius 3 is 2.57 bits per heavy atom. The fourth-order valence-electron chi connectivity index (χ4n) is 1.96. The van der Waals surface area contributed by atoms with E-state index in [0.717, 1.165) is 0 Å². The summed E-state index contributed by atoms with van der Waals surface area (Å²) < 4.78 is 0. The van der Waals surface area contributed by atoms with E-state index >= 15 is 0 Å². The van der Waals surface area contributed by atoms with E-state index in [4.69, 9.17) is 0 Å². The summed E-state index contributed by atoms with van der Waals surface area (Å²) in [6.07, 6.45) is 2.85. The molecule has 1 amide bonds. The van der Waals surface area contributed by atoms with Crippen molar-refractivity contribution in [3.05, 3.63) is 75.8 Å². The Bertz CT molecular complexity index is 797. The lowest BCUT2D eigenvalue weighted by Gasteiger charge is -2.03. The summed E-state index contributed by atoms with van der Waals surface area (Å²) >= 11 is 0. The zero-order chi connectivity index (χ0) is 16.8. The molecule has 0 aliphatic heterocycles. The summed E-state index contributed by atoms with van der Waals surface area (Å²) in [6.45, 7) is 1.39. The van der Waals surface area contributed by atoms with Crippen molar-refractivity contribution < 1.29 is 14.5 Å². The average molecular weight is 310 g/mol. The molecule has 0 radical (unpaired) electrons. The standard InChI is InChI=1S/C17H14N2O4/c1-12(20)18-15-6-3-5-14(11-15)17(21)9-8-13-4-2-7-16(10-13)19(22)23/h2-11H,1H3,(H,18,20)/b9-8-. The van der Waals surface area contributed by atoms with E-state index in [9.17, 15) is 19.7 Å². The maximum absolute atomic E-state index is 12.1. The number of benzene rings is 2. The number of anilines is 1. The SMILES string of the molecule is CC(=O)Nc1cccc(C(=O)/C=C\c2cccc([N+](=O)[O-])c2)c1. The fraction of sp³-hybridized carbons (Fsp3) is 0.0588. The van der Waals surface area contributed by atoms with Crippen LogP contribution in [0.15, 0.2) is 54.6 Å². The van der Waals surface area contributed by atoms with E-state index in [1.165, 1.54) is 31.2 Å². The normalized spacial score (nSPS) is 10.5. The van der Waals surface area contributed by atoms with Crippen LogP contribution in [0.25, 0.3) is 6.08 Å². The average Bonchev–Trinajstić information content (AvgIpc) is 2.52. The van der Waals surface area contributed by atoms with E-state index in [-0.39, 0.29) is 17.4 Å². The lowest BCUT2D eigenvalue weighted by Crippen LogP contribution is -2.06. The number of rotatable bonds is 5. The van der Waals surface area contributed by atoms with Gasteiger partial charge in [0, 0.05) is 30.3 Å². The van der Waals surface area contributed by atoms with Crippen molar-refractivity contribution in [2.45, 2.75) is 6.92 Å². The minimum absolute atomic E-state index is 0.0349. The van der Waals surface area contributed by atoms with Gasteiger partial charge in [-0.05, 0) is 23.8 Å². The number of hydrogen-bond acceptors (Lipinski definition) is 4. The van der Waals surface area contributed by atoms with Gasteiger partial charge in [-0.3, -0.25) is 19.7 Å². The van der Waals surface area contributed by atoms with Crippen LogP contribution in [0.2, 0.25) is 0 Å². The lowest BCUT2D eigenvalue weighted by molar-refractivity contribution is -0.384. The number of carbonyl (C=O) groups is 2. The number of nitro benzene ring substituents is 1. The Hall–Kier alpha value is -3.28. The molecule has 6 nitrogen and oxygen atoms in total. The van der Waals surface area contributed by atoms with Crippen molar-refractivity contribution >= 4 is 29.1 Å². The van der Waals surface area contributed by atoms with Crippen LogP contribution < -0.4 is 5.32 Å². The summed E-state index contributed by atoms with van der Waals surface area (Å²) in [5.41, 5.74) is 1.47. The molecule has 0 saturated carbocycles. The number of ketones is 1. The second kappa shape index (κ2) is 7.13. The van der Waals surface area contributed by atoms with E-state index in [2.05, 4.69) is 5.32 Å². The van der Waals surface area contributed by atoms with Crippen LogP contribution in [0.1, 0.15) is 22.8 Å². The van der Waals surface area contributed by atoms with Gasteiger partial charge in [-0.25, -0.2) is 0 Å². The van der Waals surface area contributed by atoms with Crippen LogP contribution in [0.5, 0.6) is 0 Å². The van der Waals surface area contributed by atoms with Gasteiger partial charge in [0.05, 0.1) is 4.92 Å². The molecule has 0 bridgehead atoms. The van der Waals surface area contributed by atoms with E-state index in [1.54, 1.807) is 36.4 Å². The van der Waals surface area contributed by atoms with Gasteiger partial charge in [0.15, 0.2) is 5.78 Å². The highest BCUT2D eigenvalue weighted by Crippen LogP contribution is 2.15. The van der Waals surface area contributed by atoms with Gasteiger partial charge in [-0.1, -0.05) is 30.3 Å². The number of nitrogens with zero attached hydrogens (tertiary/aromatic N) is 1. The largest absolute Gasteiger partial charge is 0.326 e. The third-order valence-corrected chi connectivity index (χ3v) is 2.98. The number of non-ortho nitro benzene ring substituents is 1. The molecule has 0 fully saturated rings. The summed E-state index contributed by atoms with van der Waals surface area (Å²) in [5, 5.41) is 13.3. The molecular formula is C17H14N2O4. The predicted molar refractivity (Wildman–Crippen MR) is 87.2 cm³/mol. The maximum Gasteiger partial charge on any atom is 0.270 e. The molecule has 23 heavy (non-hydrogen) atoms. The number of nitro groups is 1. The molecule has 2 aromatic rings. The van der Waals surface area contributed by atoms with Crippen molar-refractivity contribution in [1.82, 2.24) is 0 Å². The first-order chi connectivity index (χ1) is 11.0. The summed E-state index contributed by atoms with van der Waals surface area (Å²) in [6, 6.07) is 12.5. The third kappa shape index (κ3) is 4.60. The summed E-state index contributed by atoms with van der Waals surface area (Å²) in [4.78, 5) is 33.4. The number of nitrogens with one attached hydrogen (secondary N) is 1. The first-order valence-electron chi connectivity index (χ1n) is 6.80. The molecule has 0 unspecified atom stereocenters. The molecule has 2 rings (SSSR count). The van der Waals surface area contributed by atoms with Crippen LogP contribution in [-0.2, 0) is 4.79 Å². The molecule has 2 aromatic carbocycles. The van der Waals surface area contributed by atoms with Crippen molar-refractivity contribution in [3.63, 3.8) is 0 Å². The van der Waals surface area contributed by atoms with Gasteiger partial charge in [0.1, 0.15) is 0 Å². The molecule has 0 aromatic heterocycles. The Kier molecular flexibility index (Phi) is 4.99. The van der Waals surface area contributed by atoms with Crippen molar-refractivity contribution in [2.75, 3.05) is 5.32 Å². The maximum atomic E-state index is 12.1. The fourth-order valence-corrected chi connectivity index (χ4v) is 1.96. The first kappa shape index (κ1) is 16.1. The molecule has 6 heteroatoms. The molecule has 1 N–H and O–H groups in total. The quantitative estimate of drug-likeness (QED) is 0.396. The number of amides is 1. The molecule has 0 aliphatic rings. The molecule has 0 spiro atoms. The molecule has 0 aliphatic carbocycles.